The van der Waals surface area contributed by atoms with Crippen LogP contribution in [0.1, 0.15) is 5.56 Å². The van der Waals surface area contributed by atoms with E-state index in [1.165, 1.54) is 18.2 Å². The van der Waals surface area contributed by atoms with Gasteiger partial charge in [-0.25, -0.2) is 0 Å². The van der Waals surface area contributed by atoms with E-state index in [9.17, 15) is 13.2 Å². The van der Waals surface area contributed by atoms with E-state index in [1.807, 2.05) is 0 Å². The fraction of sp³-hybridized carbons (Fsp3) is 0.143. The van der Waals surface area contributed by atoms with E-state index >= 15 is 0 Å². The van der Waals surface area contributed by atoms with Crippen LogP contribution in [-0.4, -0.2) is 0 Å². The fourth-order valence-corrected chi connectivity index (χ4v) is 0.570. The number of rotatable bonds is 0. The largest absolute Gasteiger partial charge is 1.00 e. The Morgan fingerprint density at radius 2 is 1.82 bits per heavy atom. The number of hydrogen-bond acceptors (Lipinski definition) is 0. The molecule has 11 heavy (non-hydrogen) atoms. The second-order valence-electron chi connectivity index (χ2n) is 1.77. The Balaban J connectivity index is 0.000001000. The van der Waals surface area contributed by atoms with Gasteiger partial charge >= 0.3 is 28.6 Å². The first-order valence-electron chi connectivity index (χ1n) is 2.64. The summed E-state index contributed by atoms with van der Waals surface area (Å²) in [5.41, 5.74) is -0.727. The monoisotopic (exact) mass is 252 g/mol. The van der Waals surface area contributed by atoms with Crippen LogP contribution < -0.4 is 0 Å². The predicted molar refractivity (Wildman–Crippen MR) is 30.3 cm³/mol. The van der Waals surface area contributed by atoms with Crippen molar-refractivity contribution in [2.24, 2.45) is 0 Å². The quantitative estimate of drug-likeness (QED) is 0.492. The van der Waals surface area contributed by atoms with Gasteiger partial charge in [-0.1, -0.05) is 5.56 Å². The van der Waals surface area contributed by atoms with Crippen molar-refractivity contribution in [1.29, 1.82) is 0 Å². The molecule has 0 radical (unpaired) electrons. The Kier molecular flexibility index (Phi) is 3.86. The molecule has 0 amide bonds. The van der Waals surface area contributed by atoms with Crippen molar-refractivity contribution < 1.29 is 35.6 Å². The van der Waals surface area contributed by atoms with Gasteiger partial charge in [0.2, 0.25) is 0 Å². The van der Waals surface area contributed by atoms with Gasteiger partial charge in [-0.2, -0.15) is 43.5 Å². The minimum absolute atomic E-state index is 0. The van der Waals surface area contributed by atoms with E-state index in [4.69, 9.17) is 0 Å². The van der Waals surface area contributed by atoms with Crippen LogP contribution in [0.25, 0.3) is 0 Å². The molecule has 0 saturated heterocycles. The molecule has 1 aromatic carbocycles. The molecule has 0 spiro atoms. The molecule has 0 atom stereocenters. The topological polar surface area (TPSA) is 0 Å². The Bertz CT molecular complexity index is 205. The van der Waals surface area contributed by atoms with Gasteiger partial charge < -0.3 is 0 Å². The van der Waals surface area contributed by atoms with Crippen molar-refractivity contribution in [3.63, 3.8) is 0 Å². The average Bonchev–Trinajstić information content (AvgIpc) is 1.88. The summed E-state index contributed by atoms with van der Waals surface area (Å²) in [4.78, 5) is 0. The maximum atomic E-state index is 11.8. The van der Waals surface area contributed by atoms with E-state index in [0.29, 0.717) is 0 Å². The first kappa shape index (κ1) is 10.8. The third-order valence-corrected chi connectivity index (χ3v) is 1.01. The van der Waals surface area contributed by atoms with Crippen LogP contribution in [0.3, 0.4) is 0 Å². The molecule has 0 heterocycles. The molecular weight excluding hydrogens is 249 g/mol. The Morgan fingerprint density at radius 3 is 2.09 bits per heavy atom. The normalized spacial score (nSPS) is 10.5. The van der Waals surface area contributed by atoms with Crippen molar-refractivity contribution >= 4 is 0 Å². The molecule has 1 rings (SSSR count). The minimum atomic E-state index is -4.26. The molecular formula is C7H4AgF3. The van der Waals surface area contributed by atoms with Crippen molar-refractivity contribution in [1.82, 2.24) is 0 Å². The van der Waals surface area contributed by atoms with Crippen LogP contribution in [-0.2, 0) is 28.6 Å². The van der Waals surface area contributed by atoms with Crippen LogP contribution in [0.15, 0.2) is 24.3 Å². The predicted octanol–water partition coefficient (Wildman–Crippen LogP) is 2.50. The minimum Gasteiger partial charge on any atom is -0.176 e. The molecule has 0 aromatic heterocycles. The second kappa shape index (κ2) is 3.95. The molecule has 4 heteroatoms. The molecule has 64 valence electrons. The van der Waals surface area contributed by atoms with Crippen molar-refractivity contribution in [2.45, 2.75) is 6.18 Å². The molecule has 0 unspecified atom stereocenters. The van der Waals surface area contributed by atoms with Gasteiger partial charge in [-0.05, 0) is 0 Å². The zero-order valence-corrected chi connectivity index (χ0v) is 6.73. The second-order valence-corrected chi connectivity index (χ2v) is 1.77. The van der Waals surface area contributed by atoms with Crippen molar-refractivity contribution in [3.8, 4) is 0 Å². The third-order valence-electron chi connectivity index (χ3n) is 1.01. The summed E-state index contributed by atoms with van der Waals surface area (Å²) in [7, 11) is 0. The Labute approximate surface area is 77.9 Å². The van der Waals surface area contributed by atoms with Gasteiger partial charge in [0, 0.05) is 0 Å². The number of alkyl halides is 3. The average molecular weight is 253 g/mol. The molecule has 0 aliphatic rings. The third kappa shape index (κ3) is 3.10. The molecule has 0 fully saturated rings. The van der Waals surface area contributed by atoms with E-state index < -0.39 is 11.7 Å². The van der Waals surface area contributed by atoms with E-state index in [1.54, 1.807) is 0 Å². The van der Waals surface area contributed by atoms with E-state index in [2.05, 4.69) is 6.07 Å². The smallest absolute Gasteiger partial charge is 0.176 e. The maximum Gasteiger partial charge on any atom is 1.00 e. The summed E-state index contributed by atoms with van der Waals surface area (Å²) >= 11 is 0. The van der Waals surface area contributed by atoms with E-state index in [0.717, 1.165) is 6.07 Å². The molecule has 1 aromatic rings. The summed E-state index contributed by atoms with van der Waals surface area (Å²) in [6.45, 7) is 0. The van der Waals surface area contributed by atoms with Crippen LogP contribution in [0.4, 0.5) is 13.2 Å². The van der Waals surface area contributed by atoms with Crippen molar-refractivity contribution in [2.75, 3.05) is 0 Å². The molecule has 0 N–H and O–H groups in total. The van der Waals surface area contributed by atoms with E-state index in [-0.39, 0.29) is 22.4 Å². The van der Waals surface area contributed by atoms with Crippen LogP contribution in [0, 0.1) is 6.07 Å². The zero-order chi connectivity index (χ0) is 7.61. The molecule has 0 nitrogen and oxygen atoms in total. The van der Waals surface area contributed by atoms with Gasteiger partial charge in [0.15, 0.2) is 0 Å². The van der Waals surface area contributed by atoms with Gasteiger partial charge in [0.25, 0.3) is 0 Å². The summed E-state index contributed by atoms with van der Waals surface area (Å²) in [5.74, 6) is 0. The van der Waals surface area contributed by atoms with Gasteiger partial charge in [0.05, 0.1) is 0 Å². The SMILES string of the molecule is FC(F)(F)c1[c-]cccc1.[Ag+]. The summed E-state index contributed by atoms with van der Waals surface area (Å²) < 4.78 is 35.3. The first-order chi connectivity index (χ1) is 4.61. The van der Waals surface area contributed by atoms with Gasteiger partial charge in [-0.3, -0.25) is 0 Å². The summed E-state index contributed by atoms with van der Waals surface area (Å²) in [6.07, 6.45) is -4.26. The first-order valence-corrected chi connectivity index (χ1v) is 2.64. The van der Waals surface area contributed by atoms with Crippen LogP contribution in [0.5, 0.6) is 0 Å². The Hall–Kier alpha value is -0.250. The number of halogens is 3. The number of benzene rings is 1. The van der Waals surface area contributed by atoms with Gasteiger partial charge in [0.1, 0.15) is 0 Å². The number of hydrogen-bond donors (Lipinski definition) is 0. The van der Waals surface area contributed by atoms with Crippen LogP contribution >= 0.6 is 0 Å². The molecule has 0 bridgehead atoms. The summed E-state index contributed by atoms with van der Waals surface area (Å²) in [6, 6.07) is 7.14. The van der Waals surface area contributed by atoms with Crippen LogP contribution in [0.2, 0.25) is 0 Å². The Morgan fingerprint density at radius 1 is 1.18 bits per heavy atom. The molecule has 0 aliphatic carbocycles. The standard InChI is InChI=1S/C7H4F3.Ag/c8-7(9,10)6-4-2-1-3-5-6;/h1-4H;/q-1;+1. The zero-order valence-electron chi connectivity index (χ0n) is 5.24. The summed E-state index contributed by atoms with van der Waals surface area (Å²) in [5, 5.41) is 0. The molecule has 0 saturated carbocycles. The molecule has 0 aliphatic heterocycles. The maximum absolute atomic E-state index is 11.8. The van der Waals surface area contributed by atoms with Crippen molar-refractivity contribution in [3.05, 3.63) is 35.9 Å². The fourth-order valence-electron chi connectivity index (χ4n) is 0.570. The van der Waals surface area contributed by atoms with Gasteiger partial charge in [-0.15, -0.1) is 0 Å².